The van der Waals surface area contributed by atoms with E-state index in [-0.39, 0.29) is 0 Å². The molecule has 0 aromatic heterocycles. The molecule has 4 rings (SSSR count). The third-order valence-electron chi connectivity index (χ3n) is 5.07. The van der Waals surface area contributed by atoms with E-state index in [2.05, 4.69) is 0 Å². The number of aliphatic carboxylic acids is 1. The molecule has 106 valence electrons. The van der Waals surface area contributed by atoms with Crippen molar-refractivity contribution in [3.8, 4) is 11.5 Å². The number of fused-ring (bicyclic) bond motifs is 1. The Hall–Kier alpha value is -1.71. The molecule has 1 aromatic carbocycles. The first-order chi connectivity index (χ1) is 9.64. The Balaban J connectivity index is 1.71. The molecule has 1 heterocycles. The lowest BCUT2D eigenvalue weighted by atomic mass is 9.79. The van der Waals surface area contributed by atoms with Gasteiger partial charge >= 0.3 is 5.97 Å². The van der Waals surface area contributed by atoms with Crippen LogP contribution in [0.25, 0.3) is 0 Å². The molecule has 2 aliphatic carbocycles. The molecule has 4 nitrogen and oxygen atoms in total. The maximum Gasteiger partial charge on any atom is 0.314 e. The van der Waals surface area contributed by atoms with Crippen LogP contribution in [0.5, 0.6) is 11.5 Å². The third kappa shape index (κ3) is 1.51. The molecule has 0 amide bonds. The van der Waals surface area contributed by atoms with Gasteiger partial charge in [0, 0.05) is 12.8 Å². The van der Waals surface area contributed by atoms with Gasteiger partial charge in [0.25, 0.3) is 5.79 Å². The topological polar surface area (TPSA) is 55.8 Å². The number of hydrogen-bond acceptors (Lipinski definition) is 3. The highest BCUT2D eigenvalue weighted by molar-refractivity contribution is 5.82. The molecule has 0 bridgehead atoms. The average molecular weight is 274 g/mol. The van der Waals surface area contributed by atoms with E-state index in [1.165, 1.54) is 0 Å². The van der Waals surface area contributed by atoms with Crippen molar-refractivity contribution in [1.29, 1.82) is 0 Å². The van der Waals surface area contributed by atoms with Crippen molar-refractivity contribution < 1.29 is 19.4 Å². The van der Waals surface area contributed by atoms with Gasteiger partial charge in [-0.2, -0.15) is 0 Å². The lowest BCUT2D eigenvalue weighted by Gasteiger charge is -2.35. The van der Waals surface area contributed by atoms with E-state index >= 15 is 0 Å². The number of carboxylic acid groups (broad SMARTS) is 1. The van der Waals surface area contributed by atoms with Crippen molar-refractivity contribution in [2.24, 2.45) is 0 Å². The molecule has 0 radical (unpaired) electrons. The molecular formula is C16H18O4. The van der Waals surface area contributed by atoms with Gasteiger partial charge in [-0.25, -0.2) is 0 Å². The molecule has 0 unspecified atom stereocenters. The van der Waals surface area contributed by atoms with E-state index in [1.54, 1.807) is 0 Å². The second-order valence-corrected chi connectivity index (χ2v) is 6.22. The highest BCUT2D eigenvalue weighted by atomic mass is 16.7. The van der Waals surface area contributed by atoms with Crippen LogP contribution < -0.4 is 9.47 Å². The van der Waals surface area contributed by atoms with Gasteiger partial charge < -0.3 is 14.6 Å². The summed E-state index contributed by atoms with van der Waals surface area (Å²) in [6.45, 7) is 0. The van der Waals surface area contributed by atoms with Crippen LogP contribution in [0.4, 0.5) is 0 Å². The van der Waals surface area contributed by atoms with Gasteiger partial charge in [-0.1, -0.05) is 18.9 Å². The first kappa shape index (κ1) is 12.1. The zero-order valence-electron chi connectivity index (χ0n) is 11.4. The van der Waals surface area contributed by atoms with E-state index in [1.807, 2.05) is 18.2 Å². The van der Waals surface area contributed by atoms with Crippen molar-refractivity contribution in [3.05, 3.63) is 23.8 Å². The number of carbonyl (C=O) groups is 1. The van der Waals surface area contributed by atoms with Gasteiger partial charge in [-0.05, 0) is 37.0 Å². The molecule has 2 saturated carbocycles. The molecule has 4 heteroatoms. The Morgan fingerprint density at radius 2 is 1.70 bits per heavy atom. The van der Waals surface area contributed by atoms with Crippen molar-refractivity contribution in [2.75, 3.05) is 0 Å². The Kier molecular flexibility index (Phi) is 2.35. The fourth-order valence-electron chi connectivity index (χ4n) is 3.67. The highest BCUT2D eigenvalue weighted by Crippen LogP contribution is 2.50. The Morgan fingerprint density at radius 3 is 2.30 bits per heavy atom. The predicted octanol–water partition coefficient (Wildman–Crippen LogP) is 3.23. The lowest BCUT2D eigenvalue weighted by Crippen LogP contribution is -2.45. The zero-order chi connectivity index (χ0) is 13.8. The molecule has 1 N–H and O–H groups in total. The summed E-state index contributed by atoms with van der Waals surface area (Å²) < 4.78 is 11.8. The van der Waals surface area contributed by atoms with Gasteiger partial charge in [0.05, 0.1) is 5.41 Å². The molecule has 0 saturated heterocycles. The van der Waals surface area contributed by atoms with Crippen molar-refractivity contribution in [2.45, 2.75) is 56.1 Å². The average Bonchev–Trinajstić information content (AvgIpc) is 3.02. The summed E-state index contributed by atoms with van der Waals surface area (Å²) >= 11 is 0. The normalized spacial score (nSPS) is 24.6. The summed E-state index contributed by atoms with van der Waals surface area (Å²) in [5, 5.41) is 9.65. The molecule has 1 aromatic rings. The third-order valence-corrected chi connectivity index (χ3v) is 5.07. The fraction of sp³-hybridized carbons (Fsp3) is 0.562. The van der Waals surface area contributed by atoms with Crippen LogP contribution in [0, 0.1) is 0 Å². The number of hydrogen-bond donors (Lipinski definition) is 1. The second-order valence-electron chi connectivity index (χ2n) is 6.22. The van der Waals surface area contributed by atoms with E-state index in [0.29, 0.717) is 12.8 Å². The minimum atomic E-state index is -0.728. The minimum Gasteiger partial charge on any atom is -0.481 e. The Morgan fingerprint density at radius 1 is 1.00 bits per heavy atom. The summed E-state index contributed by atoms with van der Waals surface area (Å²) in [4.78, 5) is 11.7. The van der Waals surface area contributed by atoms with E-state index < -0.39 is 17.2 Å². The van der Waals surface area contributed by atoms with Crippen LogP contribution >= 0.6 is 0 Å². The Bertz CT molecular complexity index is 568. The van der Waals surface area contributed by atoms with Crippen LogP contribution in [0.15, 0.2) is 18.2 Å². The Labute approximate surface area is 117 Å². The predicted molar refractivity (Wildman–Crippen MR) is 72.1 cm³/mol. The maximum absolute atomic E-state index is 11.7. The molecule has 0 atom stereocenters. The van der Waals surface area contributed by atoms with E-state index in [4.69, 9.17) is 9.47 Å². The first-order valence-corrected chi connectivity index (χ1v) is 7.40. The number of ether oxygens (including phenoxy) is 2. The lowest BCUT2D eigenvalue weighted by molar-refractivity contribution is -0.143. The quantitative estimate of drug-likeness (QED) is 0.899. The van der Waals surface area contributed by atoms with Crippen LogP contribution in [0.2, 0.25) is 0 Å². The van der Waals surface area contributed by atoms with Gasteiger partial charge in [-0.15, -0.1) is 0 Å². The summed E-state index contributed by atoms with van der Waals surface area (Å²) in [6.07, 6.45) is 6.34. The van der Waals surface area contributed by atoms with Crippen LogP contribution in [0.1, 0.15) is 50.5 Å². The van der Waals surface area contributed by atoms with Crippen LogP contribution in [-0.2, 0) is 10.2 Å². The maximum atomic E-state index is 11.7. The van der Waals surface area contributed by atoms with E-state index in [0.717, 1.165) is 49.2 Å². The SMILES string of the molecule is O=C(O)C1(c2ccc3c(c2)OC2(CCC2)O3)CCCC1. The van der Waals surface area contributed by atoms with E-state index in [9.17, 15) is 9.90 Å². The summed E-state index contributed by atoms with van der Waals surface area (Å²) in [5.74, 6) is 0.307. The molecule has 3 aliphatic rings. The van der Waals surface area contributed by atoms with Crippen LogP contribution in [-0.4, -0.2) is 16.9 Å². The van der Waals surface area contributed by atoms with Gasteiger partial charge in [0.2, 0.25) is 0 Å². The standard InChI is InChI=1S/C16H18O4/c17-14(18)15(6-1-2-7-15)11-4-5-12-13(10-11)20-16(19-12)8-3-9-16/h4-5,10H,1-3,6-9H2,(H,17,18). The summed E-state index contributed by atoms with van der Waals surface area (Å²) in [6, 6.07) is 5.67. The minimum absolute atomic E-state index is 0.451. The molecule has 2 fully saturated rings. The number of benzene rings is 1. The van der Waals surface area contributed by atoms with Gasteiger partial charge in [0.1, 0.15) is 0 Å². The van der Waals surface area contributed by atoms with Crippen molar-refractivity contribution >= 4 is 5.97 Å². The van der Waals surface area contributed by atoms with Crippen LogP contribution in [0.3, 0.4) is 0 Å². The smallest absolute Gasteiger partial charge is 0.314 e. The monoisotopic (exact) mass is 274 g/mol. The van der Waals surface area contributed by atoms with Gasteiger partial charge in [0.15, 0.2) is 11.5 Å². The zero-order valence-corrected chi connectivity index (χ0v) is 11.4. The first-order valence-electron chi connectivity index (χ1n) is 7.40. The van der Waals surface area contributed by atoms with Crippen molar-refractivity contribution in [3.63, 3.8) is 0 Å². The second kappa shape index (κ2) is 3.90. The van der Waals surface area contributed by atoms with Crippen molar-refractivity contribution in [1.82, 2.24) is 0 Å². The van der Waals surface area contributed by atoms with Gasteiger partial charge in [-0.3, -0.25) is 4.79 Å². The molecule has 1 aliphatic heterocycles. The summed E-state index contributed by atoms with van der Waals surface area (Å²) in [5.41, 5.74) is 0.134. The fourth-order valence-corrected chi connectivity index (χ4v) is 3.67. The molecule has 20 heavy (non-hydrogen) atoms. The molecule has 1 spiro atoms. The summed E-state index contributed by atoms with van der Waals surface area (Å²) in [7, 11) is 0. The number of rotatable bonds is 2. The largest absolute Gasteiger partial charge is 0.481 e. The molecular weight excluding hydrogens is 256 g/mol. The highest BCUT2D eigenvalue weighted by Gasteiger charge is 2.48. The number of carboxylic acids is 1.